The predicted molar refractivity (Wildman–Crippen MR) is 124 cm³/mol. The standard InChI is InChI=1S/C23H26FN4O6P/c1-4-31-23(29)15(2)11-35(30,34-17-8-6-5-7-9-17)14-32-19-10-18(24)22(33-19)28-13-27-20-16(3)25-12-26-21(20)28/h5-10,12-13,15,19,22H,4,11,14H2,1-3H3/t15-,19+,22-,35-/m1/s1. The van der Waals surface area contributed by atoms with Crippen molar-refractivity contribution in [2.75, 3.05) is 19.1 Å². The van der Waals surface area contributed by atoms with Gasteiger partial charge >= 0.3 is 5.97 Å². The molecule has 12 heteroatoms. The third-order valence-corrected chi connectivity index (χ3v) is 7.47. The van der Waals surface area contributed by atoms with Crippen LogP contribution >= 0.6 is 7.37 Å². The van der Waals surface area contributed by atoms with Gasteiger partial charge < -0.3 is 18.7 Å². The van der Waals surface area contributed by atoms with E-state index in [1.165, 1.54) is 17.2 Å². The number of fused-ring (bicyclic) bond motifs is 1. The van der Waals surface area contributed by atoms with Crippen LogP contribution in [0.3, 0.4) is 0 Å². The number of hydrogen-bond donors (Lipinski definition) is 0. The fourth-order valence-corrected chi connectivity index (χ4v) is 5.72. The van der Waals surface area contributed by atoms with Crippen LogP contribution in [0.15, 0.2) is 54.9 Å². The molecule has 0 saturated heterocycles. The van der Waals surface area contributed by atoms with E-state index in [1.807, 2.05) is 0 Å². The fraction of sp³-hybridized carbons (Fsp3) is 0.391. The lowest BCUT2D eigenvalue weighted by molar-refractivity contribution is -0.146. The Hall–Kier alpha value is -3.14. The molecule has 35 heavy (non-hydrogen) atoms. The topological polar surface area (TPSA) is 115 Å². The molecule has 3 heterocycles. The van der Waals surface area contributed by atoms with Gasteiger partial charge in [-0.2, -0.15) is 0 Å². The van der Waals surface area contributed by atoms with E-state index < -0.39 is 43.9 Å². The van der Waals surface area contributed by atoms with Crippen LogP contribution < -0.4 is 4.52 Å². The second kappa shape index (κ2) is 10.6. The highest BCUT2D eigenvalue weighted by molar-refractivity contribution is 7.59. The average Bonchev–Trinajstić information content (AvgIpc) is 3.42. The Balaban J connectivity index is 1.47. The SMILES string of the molecule is CCOC(=O)[C@H](C)C[P@](=O)(CO[C@@H]1C=C(F)[C@H](n2cnc3c(C)ncnc32)O1)Oc1ccccc1. The van der Waals surface area contributed by atoms with E-state index >= 15 is 0 Å². The molecule has 3 aromatic rings. The Morgan fingerprint density at radius 3 is 2.77 bits per heavy atom. The van der Waals surface area contributed by atoms with Gasteiger partial charge in [0.25, 0.3) is 7.37 Å². The van der Waals surface area contributed by atoms with Crippen LogP contribution in [0.25, 0.3) is 11.2 Å². The average molecular weight is 504 g/mol. The zero-order valence-electron chi connectivity index (χ0n) is 19.5. The number of rotatable bonds is 10. The molecule has 0 saturated carbocycles. The lowest BCUT2D eigenvalue weighted by atomic mass is 10.2. The Morgan fingerprint density at radius 2 is 2.03 bits per heavy atom. The molecule has 0 aliphatic carbocycles. The largest absolute Gasteiger partial charge is 0.466 e. The van der Waals surface area contributed by atoms with Crippen LogP contribution in [0, 0.1) is 12.8 Å². The van der Waals surface area contributed by atoms with Crippen molar-refractivity contribution < 1.29 is 32.5 Å². The molecular formula is C23H26FN4O6P. The van der Waals surface area contributed by atoms with Gasteiger partial charge in [-0.25, -0.2) is 19.3 Å². The third-order valence-electron chi connectivity index (χ3n) is 5.28. The Bertz CT molecular complexity index is 1270. The highest BCUT2D eigenvalue weighted by Gasteiger charge is 2.36. The molecule has 1 aliphatic heterocycles. The normalized spacial score (nSPS) is 20.3. The van der Waals surface area contributed by atoms with Crippen molar-refractivity contribution in [3.63, 3.8) is 0 Å². The van der Waals surface area contributed by atoms with Crippen LogP contribution in [0.4, 0.5) is 4.39 Å². The lowest BCUT2D eigenvalue weighted by Crippen LogP contribution is -2.22. The number of aryl methyl sites for hydroxylation is 1. The summed E-state index contributed by atoms with van der Waals surface area (Å²) >= 11 is 0. The summed E-state index contributed by atoms with van der Waals surface area (Å²) in [7, 11) is -3.57. The van der Waals surface area contributed by atoms with E-state index in [0.717, 1.165) is 6.08 Å². The first-order valence-corrected chi connectivity index (χ1v) is 13.1. The molecule has 1 aliphatic rings. The number of ether oxygens (including phenoxy) is 3. The van der Waals surface area contributed by atoms with E-state index in [-0.39, 0.29) is 12.8 Å². The first-order chi connectivity index (χ1) is 16.8. The number of hydrogen-bond acceptors (Lipinski definition) is 9. The van der Waals surface area contributed by atoms with E-state index in [1.54, 1.807) is 51.1 Å². The van der Waals surface area contributed by atoms with E-state index in [2.05, 4.69) is 15.0 Å². The second-order valence-corrected chi connectivity index (χ2v) is 10.5. The zero-order chi connectivity index (χ0) is 25.0. The molecule has 0 bridgehead atoms. The molecule has 0 radical (unpaired) electrons. The lowest BCUT2D eigenvalue weighted by Gasteiger charge is -2.23. The van der Waals surface area contributed by atoms with Crippen molar-refractivity contribution in [1.29, 1.82) is 0 Å². The Labute approximate surface area is 201 Å². The molecule has 0 amide bonds. The molecule has 0 unspecified atom stereocenters. The van der Waals surface area contributed by atoms with Gasteiger partial charge in [0.15, 0.2) is 24.0 Å². The van der Waals surface area contributed by atoms with Gasteiger partial charge in [0.05, 0.1) is 30.7 Å². The number of carbonyl (C=O) groups is 1. The fourth-order valence-electron chi connectivity index (χ4n) is 3.62. The summed E-state index contributed by atoms with van der Waals surface area (Å²) in [5.74, 6) is -1.43. The van der Waals surface area contributed by atoms with E-state index in [0.29, 0.717) is 22.6 Å². The maximum absolute atomic E-state index is 14.8. The summed E-state index contributed by atoms with van der Waals surface area (Å²) in [5, 5.41) is 0. The summed E-state index contributed by atoms with van der Waals surface area (Å²) in [4.78, 5) is 24.6. The molecule has 186 valence electrons. The first-order valence-electron chi connectivity index (χ1n) is 11.1. The third kappa shape index (κ3) is 5.75. The van der Waals surface area contributed by atoms with Crippen LogP contribution in [0.2, 0.25) is 0 Å². The number of nitrogens with zero attached hydrogens (tertiary/aromatic N) is 4. The minimum absolute atomic E-state index is 0.120. The Kier molecular flexibility index (Phi) is 7.59. The smallest absolute Gasteiger partial charge is 0.309 e. The highest BCUT2D eigenvalue weighted by Crippen LogP contribution is 2.49. The number of para-hydroxylation sites is 1. The minimum Gasteiger partial charge on any atom is -0.466 e. The van der Waals surface area contributed by atoms with E-state index in [9.17, 15) is 13.8 Å². The number of benzene rings is 1. The zero-order valence-corrected chi connectivity index (χ0v) is 20.4. The molecule has 0 fully saturated rings. The highest BCUT2D eigenvalue weighted by atomic mass is 31.2. The Morgan fingerprint density at radius 1 is 1.26 bits per heavy atom. The number of halogens is 1. The maximum atomic E-state index is 14.8. The summed E-state index contributed by atoms with van der Waals surface area (Å²) in [6.45, 7) is 5.28. The number of imidazole rings is 1. The van der Waals surface area contributed by atoms with Crippen molar-refractivity contribution in [3.8, 4) is 5.75 Å². The summed E-state index contributed by atoms with van der Waals surface area (Å²) < 4.78 is 52.1. The molecule has 1 aromatic carbocycles. The van der Waals surface area contributed by atoms with Crippen molar-refractivity contribution in [1.82, 2.24) is 19.5 Å². The van der Waals surface area contributed by atoms with E-state index in [4.69, 9.17) is 18.7 Å². The summed E-state index contributed by atoms with van der Waals surface area (Å²) in [5.41, 5.74) is 1.59. The van der Waals surface area contributed by atoms with Gasteiger partial charge in [-0.05, 0) is 26.0 Å². The van der Waals surface area contributed by atoms with Gasteiger partial charge in [-0.3, -0.25) is 13.9 Å². The van der Waals surface area contributed by atoms with Crippen molar-refractivity contribution in [2.45, 2.75) is 33.3 Å². The molecular weight excluding hydrogens is 478 g/mol. The summed E-state index contributed by atoms with van der Waals surface area (Å²) in [6.07, 6.45) is 1.12. The molecule has 4 atom stereocenters. The van der Waals surface area contributed by atoms with Crippen LogP contribution in [0.5, 0.6) is 5.75 Å². The van der Waals surface area contributed by atoms with Crippen molar-refractivity contribution in [3.05, 3.63) is 60.6 Å². The van der Waals surface area contributed by atoms with Gasteiger partial charge in [-0.15, -0.1) is 0 Å². The molecule has 0 N–H and O–H groups in total. The second-order valence-electron chi connectivity index (χ2n) is 8.04. The molecule has 2 aromatic heterocycles. The number of carbonyl (C=O) groups excluding carboxylic acids is 1. The first kappa shape index (κ1) is 25.0. The quantitative estimate of drug-likeness (QED) is 0.293. The van der Waals surface area contributed by atoms with Crippen molar-refractivity contribution in [2.24, 2.45) is 5.92 Å². The van der Waals surface area contributed by atoms with Crippen LogP contribution in [-0.2, 0) is 23.6 Å². The van der Waals surface area contributed by atoms with Crippen LogP contribution in [-0.4, -0.2) is 50.9 Å². The van der Waals surface area contributed by atoms with Gasteiger partial charge in [0.2, 0.25) is 0 Å². The van der Waals surface area contributed by atoms with Gasteiger partial charge in [0, 0.05) is 6.08 Å². The molecule has 10 nitrogen and oxygen atoms in total. The number of esters is 1. The molecule has 0 spiro atoms. The summed E-state index contributed by atoms with van der Waals surface area (Å²) in [6, 6.07) is 8.56. The van der Waals surface area contributed by atoms with Crippen molar-refractivity contribution >= 4 is 24.5 Å². The monoisotopic (exact) mass is 504 g/mol. The molecule has 4 rings (SSSR count). The maximum Gasteiger partial charge on any atom is 0.309 e. The van der Waals surface area contributed by atoms with Gasteiger partial charge in [0.1, 0.15) is 23.9 Å². The minimum atomic E-state index is -3.57. The van der Waals surface area contributed by atoms with Gasteiger partial charge in [-0.1, -0.05) is 25.1 Å². The van der Waals surface area contributed by atoms with Crippen LogP contribution in [0.1, 0.15) is 25.8 Å². The predicted octanol–water partition coefficient (Wildman–Crippen LogP) is 4.37. The number of aromatic nitrogens is 4.